The summed E-state index contributed by atoms with van der Waals surface area (Å²) in [6.45, 7) is 7.94. The zero-order chi connectivity index (χ0) is 16.1. The lowest BCUT2D eigenvalue weighted by Crippen LogP contribution is -2.20. The number of benzene rings is 2. The van der Waals surface area contributed by atoms with Gasteiger partial charge in [-0.25, -0.2) is 0 Å². The SMILES string of the molecule is Cc1cccc(C)c1OCC(=O)COc1c(C)cccc1C. The molecule has 0 heterocycles. The van der Waals surface area contributed by atoms with E-state index in [1.807, 2.05) is 64.1 Å². The van der Waals surface area contributed by atoms with Crippen LogP contribution in [-0.4, -0.2) is 19.0 Å². The fraction of sp³-hybridized carbons (Fsp3) is 0.316. The molecule has 0 aromatic heterocycles. The van der Waals surface area contributed by atoms with E-state index in [1.165, 1.54) is 0 Å². The average molecular weight is 298 g/mol. The molecule has 22 heavy (non-hydrogen) atoms. The van der Waals surface area contributed by atoms with E-state index in [4.69, 9.17) is 9.47 Å². The Kier molecular flexibility index (Phi) is 5.21. The van der Waals surface area contributed by atoms with Crippen molar-refractivity contribution in [2.45, 2.75) is 27.7 Å². The number of Topliss-reactive ketones (excluding diaryl/α,β-unsaturated/α-hetero) is 1. The minimum atomic E-state index is -0.0784. The van der Waals surface area contributed by atoms with Crippen molar-refractivity contribution in [3.63, 3.8) is 0 Å². The fourth-order valence-electron chi connectivity index (χ4n) is 2.40. The van der Waals surface area contributed by atoms with Crippen LogP contribution in [0.1, 0.15) is 22.3 Å². The first-order valence-electron chi connectivity index (χ1n) is 7.38. The Balaban J connectivity index is 1.91. The first kappa shape index (κ1) is 16.1. The van der Waals surface area contributed by atoms with Crippen LogP contribution in [0.25, 0.3) is 0 Å². The van der Waals surface area contributed by atoms with Gasteiger partial charge in [-0.1, -0.05) is 36.4 Å². The van der Waals surface area contributed by atoms with Gasteiger partial charge in [0.15, 0.2) is 13.2 Å². The quantitative estimate of drug-likeness (QED) is 0.810. The Hall–Kier alpha value is -2.29. The highest BCUT2D eigenvalue weighted by Crippen LogP contribution is 2.23. The Morgan fingerprint density at radius 3 is 1.36 bits per heavy atom. The van der Waals surface area contributed by atoms with Crippen molar-refractivity contribution in [3.8, 4) is 11.5 Å². The number of carbonyl (C=O) groups excluding carboxylic acids is 1. The van der Waals surface area contributed by atoms with Crippen LogP contribution in [0.4, 0.5) is 0 Å². The zero-order valence-electron chi connectivity index (χ0n) is 13.6. The van der Waals surface area contributed by atoms with Crippen LogP contribution >= 0.6 is 0 Å². The molecular formula is C19H22O3. The molecule has 0 spiro atoms. The monoisotopic (exact) mass is 298 g/mol. The summed E-state index contributed by atoms with van der Waals surface area (Å²) in [4.78, 5) is 12.0. The largest absolute Gasteiger partial charge is 0.485 e. The molecule has 0 radical (unpaired) electrons. The predicted molar refractivity (Wildman–Crippen MR) is 87.8 cm³/mol. The van der Waals surface area contributed by atoms with Crippen LogP contribution in [0, 0.1) is 27.7 Å². The van der Waals surface area contributed by atoms with Gasteiger partial charge >= 0.3 is 0 Å². The Bertz CT molecular complexity index is 576. The Labute approximate surface area is 131 Å². The molecule has 0 aliphatic carbocycles. The Morgan fingerprint density at radius 2 is 1.05 bits per heavy atom. The summed E-state index contributed by atoms with van der Waals surface area (Å²) in [6.07, 6.45) is 0. The Morgan fingerprint density at radius 1 is 0.727 bits per heavy atom. The normalized spacial score (nSPS) is 10.4. The number of carbonyl (C=O) groups is 1. The van der Waals surface area contributed by atoms with Gasteiger partial charge in [0, 0.05) is 0 Å². The molecule has 0 atom stereocenters. The van der Waals surface area contributed by atoms with Gasteiger partial charge in [0.1, 0.15) is 11.5 Å². The van der Waals surface area contributed by atoms with Crippen LogP contribution in [0.2, 0.25) is 0 Å². The number of ketones is 1. The van der Waals surface area contributed by atoms with Crippen LogP contribution in [0.15, 0.2) is 36.4 Å². The van der Waals surface area contributed by atoms with Gasteiger partial charge in [-0.2, -0.15) is 0 Å². The highest BCUT2D eigenvalue weighted by Gasteiger charge is 2.10. The minimum Gasteiger partial charge on any atom is -0.485 e. The van der Waals surface area contributed by atoms with Gasteiger partial charge in [-0.3, -0.25) is 4.79 Å². The van der Waals surface area contributed by atoms with E-state index in [2.05, 4.69) is 0 Å². The third-order valence-corrected chi connectivity index (χ3v) is 3.57. The van der Waals surface area contributed by atoms with Gasteiger partial charge in [0.2, 0.25) is 5.78 Å². The first-order chi connectivity index (χ1) is 10.5. The summed E-state index contributed by atoms with van der Waals surface area (Å²) in [6, 6.07) is 11.8. The molecule has 3 nitrogen and oxygen atoms in total. The second kappa shape index (κ2) is 7.12. The van der Waals surface area contributed by atoms with Crippen LogP contribution in [0.5, 0.6) is 11.5 Å². The fourth-order valence-corrected chi connectivity index (χ4v) is 2.40. The lowest BCUT2D eigenvalue weighted by Gasteiger charge is -2.13. The molecule has 0 unspecified atom stereocenters. The smallest absolute Gasteiger partial charge is 0.207 e. The van der Waals surface area contributed by atoms with Crippen molar-refractivity contribution < 1.29 is 14.3 Å². The van der Waals surface area contributed by atoms with Gasteiger partial charge < -0.3 is 9.47 Å². The minimum absolute atomic E-state index is 0.0244. The van der Waals surface area contributed by atoms with E-state index in [0.717, 1.165) is 33.8 Å². The van der Waals surface area contributed by atoms with Crippen molar-refractivity contribution in [1.29, 1.82) is 0 Å². The van der Waals surface area contributed by atoms with Crippen LogP contribution in [0.3, 0.4) is 0 Å². The van der Waals surface area contributed by atoms with Gasteiger partial charge in [0.25, 0.3) is 0 Å². The summed E-state index contributed by atoms with van der Waals surface area (Å²) < 4.78 is 11.3. The number of ether oxygens (including phenoxy) is 2. The maximum absolute atomic E-state index is 12.0. The van der Waals surface area contributed by atoms with E-state index in [9.17, 15) is 4.79 Å². The molecular weight excluding hydrogens is 276 g/mol. The zero-order valence-corrected chi connectivity index (χ0v) is 13.6. The molecule has 2 aromatic carbocycles. The van der Waals surface area contributed by atoms with E-state index >= 15 is 0 Å². The summed E-state index contributed by atoms with van der Waals surface area (Å²) >= 11 is 0. The first-order valence-corrected chi connectivity index (χ1v) is 7.38. The molecule has 3 heteroatoms. The molecule has 0 N–H and O–H groups in total. The highest BCUT2D eigenvalue weighted by molar-refractivity contribution is 5.81. The molecule has 0 aliphatic rings. The standard InChI is InChI=1S/C19H22O3/c1-13-7-5-8-14(2)18(13)21-11-17(20)12-22-19-15(3)9-6-10-16(19)4/h5-10H,11-12H2,1-4H3. The molecule has 0 fully saturated rings. The number of hydrogen-bond donors (Lipinski definition) is 0. The molecule has 2 rings (SSSR count). The number of hydrogen-bond acceptors (Lipinski definition) is 3. The summed E-state index contributed by atoms with van der Waals surface area (Å²) in [5.74, 6) is 1.48. The lowest BCUT2D eigenvalue weighted by molar-refractivity contribution is -0.123. The molecule has 116 valence electrons. The van der Waals surface area contributed by atoms with Crippen molar-refractivity contribution in [1.82, 2.24) is 0 Å². The third kappa shape index (κ3) is 3.88. The lowest BCUT2D eigenvalue weighted by atomic mass is 10.1. The third-order valence-electron chi connectivity index (χ3n) is 3.57. The molecule has 0 aliphatic heterocycles. The predicted octanol–water partition coefficient (Wildman–Crippen LogP) is 3.95. The summed E-state index contributed by atoms with van der Waals surface area (Å²) in [5, 5.41) is 0. The maximum atomic E-state index is 12.0. The van der Waals surface area contributed by atoms with Crippen molar-refractivity contribution in [3.05, 3.63) is 58.7 Å². The highest BCUT2D eigenvalue weighted by atomic mass is 16.5. The summed E-state index contributed by atoms with van der Waals surface area (Å²) in [7, 11) is 0. The van der Waals surface area contributed by atoms with Gasteiger partial charge in [0.05, 0.1) is 0 Å². The van der Waals surface area contributed by atoms with Crippen molar-refractivity contribution in [2.75, 3.05) is 13.2 Å². The van der Waals surface area contributed by atoms with Crippen molar-refractivity contribution in [2.24, 2.45) is 0 Å². The van der Waals surface area contributed by atoms with Crippen molar-refractivity contribution >= 4 is 5.78 Å². The van der Waals surface area contributed by atoms with Gasteiger partial charge in [-0.15, -0.1) is 0 Å². The number of rotatable bonds is 6. The summed E-state index contributed by atoms with van der Waals surface area (Å²) in [5.41, 5.74) is 4.12. The molecule has 0 saturated heterocycles. The molecule has 2 aromatic rings. The van der Waals surface area contributed by atoms with E-state index in [-0.39, 0.29) is 19.0 Å². The second-order valence-corrected chi connectivity index (χ2v) is 5.56. The van der Waals surface area contributed by atoms with E-state index < -0.39 is 0 Å². The molecule has 0 bridgehead atoms. The van der Waals surface area contributed by atoms with E-state index in [1.54, 1.807) is 0 Å². The number of para-hydroxylation sites is 2. The topological polar surface area (TPSA) is 35.5 Å². The molecule has 0 amide bonds. The van der Waals surface area contributed by atoms with E-state index in [0.29, 0.717) is 0 Å². The van der Waals surface area contributed by atoms with Gasteiger partial charge in [-0.05, 0) is 49.9 Å². The van der Waals surface area contributed by atoms with Crippen LogP contribution < -0.4 is 9.47 Å². The number of aryl methyl sites for hydroxylation is 4. The maximum Gasteiger partial charge on any atom is 0.207 e. The molecule has 0 saturated carbocycles. The van der Waals surface area contributed by atoms with Crippen LogP contribution in [-0.2, 0) is 4.79 Å². The second-order valence-electron chi connectivity index (χ2n) is 5.56. The average Bonchev–Trinajstić information content (AvgIpc) is 2.46.